The molecule has 0 aliphatic carbocycles. The van der Waals surface area contributed by atoms with E-state index in [1.807, 2.05) is 0 Å². The Balaban J connectivity index is 1.70. The van der Waals surface area contributed by atoms with Gasteiger partial charge in [0.2, 0.25) is 15.9 Å². The van der Waals surface area contributed by atoms with Crippen LogP contribution in [0.2, 0.25) is 0 Å². The number of carbonyl (C=O) groups is 1. The monoisotopic (exact) mass is 365 g/mol. The molecule has 0 saturated heterocycles. The van der Waals surface area contributed by atoms with Crippen molar-refractivity contribution in [1.29, 1.82) is 0 Å². The molecule has 0 fully saturated rings. The van der Waals surface area contributed by atoms with E-state index in [4.69, 9.17) is 8.83 Å². The van der Waals surface area contributed by atoms with E-state index in [1.165, 1.54) is 31.4 Å². The number of aromatic amines is 1. The van der Waals surface area contributed by atoms with Crippen molar-refractivity contribution in [3.63, 3.8) is 0 Å². The van der Waals surface area contributed by atoms with Gasteiger partial charge in [0.15, 0.2) is 5.58 Å². The van der Waals surface area contributed by atoms with Gasteiger partial charge in [-0.1, -0.05) is 0 Å². The average Bonchev–Trinajstić information content (AvgIpc) is 3.19. The number of nitrogens with one attached hydrogen (secondary N) is 3. The van der Waals surface area contributed by atoms with E-state index in [2.05, 4.69) is 15.0 Å². The van der Waals surface area contributed by atoms with Crippen LogP contribution >= 0.6 is 0 Å². The molecule has 2 aromatic heterocycles. The molecule has 0 aliphatic heterocycles. The van der Waals surface area contributed by atoms with Gasteiger partial charge in [0.05, 0.1) is 29.3 Å². The van der Waals surface area contributed by atoms with Crippen LogP contribution in [-0.4, -0.2) is 25.4 Å². The molecule has 1 atom stereocenters. The highest BCUT2D eigenvalue weighted by molar-refractivity contribution is 7.89. The second kappa shape index (κ2) is 6.57. The number of H-pyrrole nitrogens is 1. The van der Waals surface area contributed by atoms with Crippen molar-refractivity contribution in [3.8, 4) is 0 Å². The fourth-order valence-corrected chi connectivity index (χ4v) is 3.41. The van der Waals surface area contributed by atoms with Crippen LogP contribution in [0.15, 0.2) is 55.1 Å². The number of aromatic nitrogens is 1. The summed E-state index contributed by atoms with van der Waals surface area (Å²) in [5, 5.41) is 2.57. The summed E-state index contributed by atoms with van der Waals surface area (Å²) in [4.78, 5) is 25.5. The van der Waals surface area contributed by atoms with Crippen molar-refractivity contribution >= 4 is 27.0 Å². The standard InChI is InChI=1S/C15H15N3O6S/c1-9(14(19)16-8-10-3-2-6-23-10)18-25(21,22)11-4-5-12-13(7-11)24-15(20)17-12/h2-7,9,18H,8H2,1H3,(H,16,19)(H,17,20)/t9-/m1/s1. The number of amides is 1. The summed E-state index contributed by atoms with van der Waals surface area (Å²) in [6, 6.07) is 6.30. The van der Waals surface area contributed by atoms with Crippen molar-refractivity contribution in [2.45, 2.75) is 24.4 Å². The Kier molecular flexibility index (Phi) is 4.47. The number of benzene rings is 1. The summed E-state index contributed by atoms with van der Waals surface area (Å²) >= 11 is 0. The zero-order chi connectivity index (χ0) is 18.0. The van der Waals surface area contributed by atoms with Gasteiger partial charge in [0.1, 0.15) is 5.76 Å². The molecule has 25 heavy (non-hydrogen) atoms. The quantitative estimate of drug-likeness (QED) is 0.588. The van der Waals surface area contributed by atoms with Crippen LogP contribution in [0, 0.1) is 0 Å². The maximum atomic E-state index is 12.4. The highest BCUT2D eigenvalue weighted by atomic mass is 32.2. The summed E-state index contributed by atoms with van der Waals surface area (Å²) in [6.07, 6.45) is 1.48. The molecule has 0 spiro atoms. The Hall–Kier alpha value is -2.85. The van der Waals surface area contributed by atoms with Gasteiger partial charge in [0, 0.05) is 6.07 Å². The smallest absolute Gasteiger partial charge is 0.417 e. The first-order valence-electron chi connectivity index (χ1n) is 7.30. The molecule has 1 amide bonds. The van der Waals surface area contributed by atoms with Gasteiger partial charge in [-0.3, -0.25) is 9.78 Å². The van der Waals surface area contributed by atoms with Gasteiger partial charge < -0.3 is 14.2 Å². The Morgan fingerprint density at radius 3 is 2.84 bits per heavy atom. The lowest BCUT2D eigenvalue weighted by Gasteiger charge is -2.14. The molecule has 132 valence electrons. The molecule has 0 unspecified atom stereocenters. The number of carbonyl (C=O) groups excluding carboxylic acids is 1. The minimum atomic E-state index is -3.97. The Morgan fingerprint density at radius 1 is 1.32 bits per heavy atom. The lowest BCUT2D eigenvalue weighted by molar-refractivity contribution is -0.122. The number of sulfonamides is 1. The number of furan rings is 1. The lowest BCUT2D eigenvalue weighted by atomic mass is 10.3. The second-order valence-corrected chi connectivity index (χ2v) is 7.03. The van der Waals surface area contributed by atoms with Crippen LogP contribution < -0.4 is 15.8 Å². The fraction of sp³-hybridized carbons (Fsp3) is 0.200. The van der Waals surface area contributed by atoms with Gasteiger partial charge in [0.25, 0.3) is 0 Å². The number of fused-ring (bicyclic) bond motifs is 1. The number of oxazole rings is 1. The summed E-state index contributed by atoms with van der Waals surface area (Å²) < 4.78 is 37.0. The molecule has 3 rings (SSSR count). The van der Waals surface area contributed by atoms with Crippen molar-refractivity contribution in [2.24, 2.45) is 0 Å². The van der Waals surface area contributed by atoms with Crippen LogP contribution in [-0.2, 0) is 21.4 Å². The predicted molar refractivity (Wildman–Crippen MR) is 87.2 cm³/mol. The van der Waals surface area contributed by atoms with E-state index in [1.54, 1.807) is 12.1 Å². The molecule has 0 saturated carbocycles. The van der Waals surface area contributed by atoms with Gasteiger partial charge in [-0.05, 0) is 31.2 Å². The molecule has 9 nitrogen and oxygen atoms in total. The molecule has 0 bridgehead atoms. The van der Waals surface area contributed by atoms with Gasteiger partial charge >= 0.3 is 5.76 Å². The van der Waals surface area contributed by atoms with Crippen molar-refractivity contribution in [3.05, 3.63) is 52.9 Å². The van der Waals surface area contributed by atoms with E-state index < -0.39 is 27.7 Å². The fourth-order valence-electron chi connectivity index (χ4n) is 2.19. The molecule has 2 heterocycles. The number of rotatable bonds is 6. The Morgan fingerprint density at radius 2 is 2.12 bits per heavy atom. The summed E-state index contributed by atoms with van der Waals surface area (Å²) in [6.45, 7) is 1.57. The molecule has 3 aromatic rings. The molecule has 3 N–H and O–H groups in total. The molecule has 1 aromatic carbocycles. The third kappa shape index (κ3) is 3.80. The first-order valence-corrected chi connectivity index (χ1v) is 8.79. The lowest BCUT2D eigenvalue weighted by Crippen LogP contribution is -2.44. The average molecular weight is 365 g/mol. The Labute approximate surface area is 142 Å². The Bertz CT molecular complexity index is 1050. The van der Waals surface area contributed by atoms with E-state index in [0.29, 0.717) is 11.3 Å². The molecule has 0 radical (unpaired) electrons. The molecule has 0 aliphatic rings. The first-order chi connectivity index (χ1) is 11.8. The summed E-state index contributed by atoms with van der Waals surface area (Å²) in [7, 11) is -3.97. The topological polar surface area (TPSA) is 134 Å². The van der Waals surface area contributed by atoms with Gasteiger partial charge in [-0.25, -0.2) is 13.2 Å². The largest absolute Gasteiger partial charge is 0.467 e. The van der Waals surface area contributed by atoms with Crippen molar-refractivity contribution in [2.75, 3.05) is 0 Å². The van der Waals surface area contributed by atoms with E-state index in [-0.39, 0.29) is 17.0 Å². The maximum Gasteiger partial charge on any atom is 0.417 e. The molecular formula is C15H15N3O6S. The van der Waals surface area contributed by atoms with Gasteiger partial charge in [-0.15, -0.1) is 0 Å². The van der Waals surface area contributed by atoms with Crippen LogP contribution in [0.1, 0.15) is 12.7 Å². The molecule has 10 heteroatoms. The van der Waals surface area contributed by atoms with Gasteiger partial charge in [-0.2, -0.15) is 4.72 Å². The van der Waals surface area contributed by atoms with E-state index in [0.717, 1.165) is 0 Å². The van der Waals surface area contributed by atoms with Crippen LogP contribution in [0.5, 0.6) is 0 Å². The van der Waals surface area contributed by atoms with Crippen LogP contribution in [0.3, 0.4) is 0 Å². The zero-order valence-electron chi connectivity index (χ0n) is 13.1. The highest BCUT2D eigenvalue weighted by Crippen LogP contribution is 2.16. The van der Waals surface area contributed by atoms with Crippen LogP contribution in [0.4, 0.5) is 0 Å². The second-order valence-electron chi connectivity index (χ2n) is 5.31. The third-order valence-electron chi connectivity index (χ3n) is 3.44. The number of hydrogen-bond acceptors (Lipinski definition) is 6. The van der Waals surface area contributed by atoms with Crippen molar-refractivity contribution < 1.29 is 22.0 Å². The zero-order valence-corrected chi connectivity index (χ0v) is 13.9. The first kappa shape index (κ1) is 17.0. The van der Waals surface area contributed by atoms with Crippen molar-refractivity contribution in [1.82, 2.24) is 15.0 Å². The molecular weight excluding hydrogens is 350 g/mol. The SMILES string of the molecule is C[C@@H](NS(=O)(=O)c1ccc2[nH]c(=O)oc2c1)C(=O)NCc1ccco1. The number of hydrogen-bond donors (Lipinski definition) is 3. The van der Waals surface area contributed by atoms with E-state index >= 15 is 0 Å². The summed E-state index contributed by atoms with van der Waals surface area (Å²) in [5.41, 5.74) is 0.496. The summed E-state index contributed by atoms with van der Waals surface area (Å²) in [5.74, 6) is -0.631. The predicted octanol–water partition coefficient (Wildman–Crippen LogP) is 0.697. The third-order valence-corrected chi connectivity index (χ3v) is 4.98. The maximum absolute atomic E-state index is 12.4. The highest BCUT2D eigenvalue weighted by Gasteiger charge is 2.22. The minimum absolute atomic E-state index is 0.114. The minimum Gasteiger partial charge on any atom is -0.467 e. The normalized spacial score (nSPS) is 13.0. The van der Waals surface area contributed by atoms with Crippen LogP contribution in [0.25, 0.3) is 11.1 Å². The van der Waals surface area contributed by atoms with E-state index in [9.17, 15) is 18.0 Å².